The molecule has 8 nitrogen and oxygen atoms in total. The molecule has 0 bridgehead atoms. The molecule has 0 atom stereocenters. The fourth-order valence-corrected chi connectivity index (χ4v) is 4.29. The van der Waals surface area contributed by atoms with E-state index in [0.29, 0.717) is 24.1 Å². The maximum Gasteiger partial charge on any atom is 0.341 e. The summed E-state index contributed by atoms with van der Waals surface area (Å²) in [5.74, 6) is -3.15. The van der Waals surface area contributed by atoms with E-state index in [1.807, 2.05) is 55.6 Å². The van der Waals surface area contributed by atoms with Crippen LogP contribution in [0.25, 0.3) is 11.1 Å². The molecular weight excluding hydrogens is 434 g/mol. The zero-order chi connectivity index (χ0) is 24.2. The topological polar surface area (TPSA) is 124 Å². The number of ketones is 1. The predicted molar refractivity (Wildman–Crippen MR) is 127 cm³/mol. The predicted octanol–water partition coefficient (Wildman–Crippen LogP) is 3.35. The number of Topliss-reactive ketones (excluding diaryl/α,β-unsaturated/α-hetero) is 1. The van der Waals surface area contributed by atoms with E-state index in [9.17, 15) is 19.5 Å². The van der Waals surface area contributed by atoms with E-state index in [2.05, 4.69) is 11.1 Å². The normalized spacial score (nSPS) is 13.0. The Morgan fingerprint density at radius 1 is 1.21 bits per heavy atom. The van der Waals surface area contributed by atoms with Crippen LogP contribution in [-0.4, -0.2) is 38.8 Å². The molecule has 3 aromatic rings. The molecule has 174 valence electrons. The van der Waals surface area contributed by atoms with Gasteiger partial charge >= 0.3 is 5.97 Å². The molecule has 1 aliphatic carbocycles. The first-order chi connectivity index (χ1) is 16.4. The monoisotopic (exact) mass is 459 g/mol. The van der Waals surface area contributed by atoms with Gasteiger partial charge in [0, 0.05) is 18.3 Å². The summed E-state index contributed by atoms with van der Waals surface area (Å²) in [6.07, 6.45) is 10.3. The lowest BCUT2D eigenvalue weighted by Crippen LogP contribution is -2.24. The zero-order valence-corrected chi connectivity index (χ0v) is 18.8. The van der Waals surface area contributed by atoms with Crippen molar-refractivity contribution in [2.24, 2.45) is 5.73 Å². The molecule has 1 aliphatic rings. The number of hydrogen-bond donors (Lipinski definition) is 2. The number of carboxylic acids is 1. The van der Waals surface area contributed by atoms with Crippen LogP contribution in [0, 0.1) is 0 Å². The van der Waals surface area contributed by atoms with Crippen molar-refractivity contribution in [3.8, 4) is 5.88 Å². The van der Waals surface area contributed by atoms with Crippen molar-refractivity contribution < 1.29 is 24.2 Å². The first-order valence-corrected chi connectivity index (χ1v) is 11.1. The number of aromatic nitrogens is 2. The van der Waals surface area contributed by atoms with Gasteiger partial charge in [-0.15, -0.1) is 0 Å². The Labute approximate surface area is 196 Å². The molecule has 0 aliphatic heterocycles. The van der Waals surface area contributed by atoms with Crippen LogP contribution in [0.15, 0.2) is 54.8 Å². The molecule has 1 aromatic carbocycles. The second-order valence-electron chi connectivity index (χ2n) is 8.00. The Morgan fingerprint density at radius 3 is 2.59 bits per heavy atom. The number of fused-ring (bicyclic) bond motifs is 1. The number of carbonyl (C=O) groups is 3. The molecule has 8 heteroatoms. The van der Waals surface area contributed by atoms with Gasteiger partial charge in [-0.25, -0.2) is 9.78 Å². The van der Waals surface area contributed by atoms with Crippen molar-refractivity contribution in [1.29, 1.82) is 0 Å². The minimum absolute atomic E-state index is 0.0195. The molecule has 0 radical (unpaired) electrons. The maximum absolute atomic E-state index is 13.0. The van der Waals surface area contributed by atoms with Gasteiger partial charge in [0.2, 0.25) is 5.88 Å². The first kappa shape index (κ1) is 23.0. The Hall–Kier alpha value is -4.20. The number of hydrogen-bond acceptors (Lipinski definition) is 5. The molecule has 2 aromatic heterocycles. The average Bonchev–Trinajstić information content (AvgIpc) is 3.16. The van der Waals surface area contributed by atoms with Gasteiger partial charge in [-0.2, -0.15) is 0 Å². The minimum Gasteiger partial charge on any atom is -0.479 e. The maximum atomic E-state index is 13.0. The highest BCUT2D eigenvalue weighted by atomic mass is 16.5. The number of aliphatic carboxylic acids is 1. The summed E-state index contributed by atoms with van der Waals surface area (Å²) in [6.45, 7) is 1.25. The highest BCUT2D eigenvalue weighted by Gasteiger charge is 2.29. The smallest absolute Gasteiger partial charge is 0.341 e. The largest absolute Gasteiger partial charge is 0.479 e. The van der Waals surface area contributed by atoms with E-state index in [1.54, 1.807) is 4.40 Å². The summed E-state index contributed by atoms with van der Waals surface area (Å²) in [5.41, 5.74) is 9.80. The SMILES string of the molecule is CCc1c(C(=O)C(N)=O)c2c(OCC(=O)O)nc(C3=CC=CCC3)cn2c1Cc1ccccc1. The summed E-state index contributed by atoms with van der Waals surface area (Å²) < 4.78 is 7.37. The molecule has 0 spiro atoms. The van der Waals surface area contributed by atoms with Crippen molar-refractivity contribution in [3.05, 3.63) is 82.8 Å². The third-order valence-electron chi connectivity index (χ3n) is 5.79. The Bertz CT molecular complexity index is 1340. The van der Waals surface area contributed by atoms with Gasteiger partial charge in [-0.3, -0.25) is 9.59 Å². The second kappa shape index (κ2) is 9.74. The van der Waals surface area contributed by atoms with E-state index < -0.39 is 24.3 Å². The summed E-state index contributed by atoms with van der Waals surface area (Å²) in [5, 5.41) is 9.21. The lowest BCUT2D eigenvalue weighted by Gasteiger charge is -2.14. The zero-order valence-electron chi connectivity index (χ0n) is 18.8. The number of carbonyl (C=O) groups excluding carboxylic acids is 2. The number of ether oxygens (including phenoxy) is 1. The van der Waals surface area contributed by atoms with Gasteiger partial charge in [0.15, 0.2) is 6.61 Å². The third kappa shape index (κ3) is 4.47. The van der Waals surface area contributed by atoms with Crippen LogP contribution in [0.3, 0.4) is 0 Å². The van der Waals surface area contributed by atoms with Crippen LogP contribution < -0.4 is 10.5 Å². The molecule has 1 amide bonds. The molecule has 2 heterocycles. The van der Waals surface area contributed by atoms with Crippen LogP contribution in [0.2, 0.25) is 0 Å². The van der Waals surface area contributed by atoms with E-state index in [4.69, 9.17) is 10.5 Å². The molecule has 0 saturated carbocycles. The second-order valence-corrected chi connectivity index (χ2v) is 8.00. The number of benzene rings is 1. The van der Waals surface area contributed by atoms with Gasteiger partial charge in [0.05, 0.1) is 11.3 Å². The van der Waals surface area contributed by atoms with E-state index in [-0.39, 0.29) is 17.0 Å². The van der Waals surface area contributed by atoms with Crippen molar-refractivity contribution in [1.82, 2.24) is 9.38 Å². The Balaban J connectivity index is 2.04. The molecule has 3 N–H and O–H groups in total. The molecule has 0 fully saturated rings. The Kier molecular flexibility index (Phi) is 6.58. The summed E-state index contributed by atoms with van der Waals surface area (Å²) in [4.78, 5) is 40.8. The van der Waals surface area contributed by atoms with Crippen LogP contribution in [0.5, 0.6) is 5.88 Å². The molecule has 34 heavy (non-hydrogen) atoms. The quantitative estimate of drug-likeness (QED) is 0.374. The fourth-order valence-electron chi connectivity index (χ4n) is 4.29. The van der Waals surface area contributed by atoms with E-state index in [0.717, 1.165) is 29.7 Å². The van der Waals surface area contributed by atoms with E-state index in [1.165, 1.54) is 0 Å². The Morgan fingerprint density at radius 2 is 1.97 bits per heavy atom. The summed E-state index contributed by atoms with van der Waals surface area (Å²) in [6, 6.07) is 9.74. The van der Waals surface area contributed by atoms with Crippen LogP contribution in [0.4, 0.5) is 0 Å². The lowest BCUT2D eigenvalue weighted by molar-refractivity contribution is -0.139. The van der Waals surface area contributed by atoms with E-state index >= 15 is 0 Å². The van der Waals surface area contributed by atoms with Gasteiger partial charge in [-0.1, -0.05) is 55.5 Å². The van der Waals surface area contributed by atoms with Gasteiger partial charge in [0.1, 0.15) is 5.52 Å². The minimum atomic E-state index is -1.18. The highest BCUT2D eigenvalue weighted by Crippen LogP contribution is 2.35. The molecule has 0 unspecified atom stereocenters. The van der Waals surface area contributed by atoms with Crippen molar-refractivity contribution in [2.45, 2.75) is 32.6 Å². The third-order valence-corrected chi connectivity index (χ3v) is 5.79. The summed E-state index contributed by atoms with van der Waals surface area (Å²) in [7, 11) is 0. The van der Waals surface area contributed by atoms with Gasteiger partial charge in [-0.05, 0) is 36.0 Å². The first-order valence-electron chi connectivity index (χ1n) is 11.1. The van der Waals surface area contributed by atoms with Gasteiger partial charge in [0.25, 0.3) is 11.7 Å². The number of primary amides is 1. The number of amides is 1. The van der Waals surface area contributed by atoms with Crippen molar-refractivity contribution in [3.63, 3.8) is 0 Å². The highest BCUT2D eigenvalue weighted by molar-refractivity contribution is 6.44. The summed E-state index contributed by atoms with van der Waals surface area (Å²) >= 11 is 0. The lowest BCUT2D eigenvalue weighted by atomic mass is 9.99. The fraction of sp³-hybridized carbons (Fsp3) is 0.231. The average molecular weight is 460 g/mol. The number of nitrogens with two attached hydrogens (primary N) is 1. The number of nitrogens with zero attached hydrogens (tertiary/aromatic N) is 2. The van der Waals surface area contributed by atoms with Gasteiger partial charge < -0.3 is 20.0 Å². The molecule has 4 rings (SSSR count). The number of rotatable bonds is 9. The van der Waals surface area contributed by atoms with Crippen molar-refractivity contribution in [2.75, 3.05) is 6.61 Å². The van der Waals surface area contributed by atoms with Crippen LogP contribution in [-0.2, 0) is 22.4 Å². The molecule has 0 saturated heterocycles. The van der Waals surface area contributed by atoms with Crippen molar-refractivity contribution >= 4 is 28.7 Å². The number of carboxylic acid groups (broad SMARTS) is 1. The number of allylic oxidation sites excluding steroid dienone is 4. The molecular formula is C26H25N3O5. The van der Waals surface area contributed by atoms with Crippen LogP contribution in [0.1, 0.15) is 52.6 Å². The standard InChI is InChI=1S/C26H25N3O5/c1-2-18-20(13-16-9-5-3-6-10-16)29-14-19(17-11-7-4-8-12-17)28-26(34-15-21(30)31)23(29)22(18)24(32)25(27)33/h3-7,9-11,14H,2,8,12-13,15H2,1H3,(H2,27,33)(H,30,31). The van der Waals surface area contributed by atoms with Crippen LogP contribution >= 0.6 is 0 Å².